The second kappa shape index (κ2) is 6.73. The highest BCUT2D eigenvalue weighted by Crippen LogP contribution is 2.34. The molecule has 1 N–H and O–H groups in total. The van der Waals surface area contributed by atoms with Gasteiger partial charge in [0.2, 0.25) is 0 Å². The van der Waals surface area contributed by atoms with Crippen LogP contribution in [0.2, 0.25) is 0 Å². The molecule has 0 saturated heterocycles. The molecular weight excluding hydrogens is 302 g/mol. The Morgan fingerprint density at radius 1 is 1.38 bits per heavy atom. The van der Waals surface area contributed by atoms with E-state index in [0.717, 1.165) is 17.2 Å². The van der Waals surface area contributed by atoms with Gasteiger partial charge in [0.15, 0.2) is 5.82 Å². The molecular formula is C18H25N5O. The quantitative estimate of drug-likeness (QED) is 0.881. The number of amides is 1. The van der Waals surface area contributed by atoms with Gasteiger partial charge in [-0.2, -0.15) is 5.10 Å². The van der Waals surface area contributed by atoms with Crippen molar-refractivity contribution >= 4 is 5.91 Å². The van der Waals surface area contributed by atoms with Gasteiger partial charge in [-0.15, -0.1) is 0 Å². The number of likely N-dealkylation sites (N-methyl/N-ethyl adjacent to an activating group) is 1. The molecule has 1 fully saturated rings. The number of hydrogen-bond donors (Lipinski definition) is 1. The summed E-state index contributed by atoms with van der Waals surface area (Å²) in [5.74, 6) is 1.36. The molecule has 1 aliphatic carbocycles. The molecule has 0 aliphatic heterocycles. The first kappa shape index (κ1) is 16.6. The van der Waals surface area contributed by atoms with Crippen LogP contribution in [-0.2, 0) is 0 Å². The largest absolute Gasteiger partial charge is 0.350 e. The molecule has 24 heavy (non-hydrogen) atoms. The SMILES string of the molecule is Cc1cc(C)n(-c2ccc(C(=O)NCC(C3CC3)N(C)C)cn2)n1. The third-order valence-electron chi connectivity index (χ3n) is 4.54. The van der Waals surface area contributed by atoms with Gasteiger partial charge in [0.05, 0.1) is 11.3 Å². The number of aromatic nitrogens is 3. The lowest BCUT2D eigenvalue weighted by Gasteiger charge is -2.24. The number of aryl methyl sites for hydroxylation is 2. The van der Waals surface area contributed by atoms with Gasteiger partial charge < -0.3 is 10.2 Å². The molecule has 1 unspecified atom stereocenters. The second-order valence-corrected chi connectivity index (χ2v) is 6.82. The van der Waals surface area contributed by atoms with Crippen LogP contribution in [0.3, 0.4) is 0 Å². The van der Waals surface area contributed by atoms with Gasteiger partial charge in [0.1, 0.15) is 0 Å². The zero-order chi connectivity index (χ0) is 17.3. The highest BCUT2D eigenvalue weighted by atomic mass is 16.1. The number of carbonyl (C=O) groups is 1. The molecule has 128 valence electrons. The van der Waals surface area contributed by atoms with E-state index >= 15 is 0 Å². The summed E-state index contributed by atoms with van der Waals surface area (Å²) in [6.07, 6.45) is 4.14. The molecule has 0 bridgehead atoms. The minimum absolute atomic E-state index is 0.0742. The topological polar surface area (TPSA) is 63.1 Å². The lowest BCUT2D eigenvalue weighted by molar-refractivity contribution is 0.0938. The van der Waals surface area contributed by atoms with Crippen LogP contribution in [0.4, 0.5) is 0 Å². The maximum atomic E-state index is 12.3. The maximum absolute atomic E-state index is 12.3. The lowest BCUT2D eigenvalue weighted by Crippen LogP contribution is -2.41. The van der Waals surface area contributed by atoms with Crippen molar-refractivity contribution in [3.05, 3.63) is 41.3 Å². The van der Waals surface area contributed by atoms with E-state index in [9.17, 15) is 4.79 Å². The molecule has 1 aliphatic rings. The van der Waals surface area contributed by atoms with Crippen LogP contribution in [0.25, 0.3) is 5.82 Å². The molecule has 0 radical (unpaired) electrons. The molecule has 0 spiro atoms. The van der Waals surface area contributed by atoms with E-state index in [1.165, 1.54) is 12.8 Å². The van der Waals surface area contributed by atoms with Crippen molar-refractivity contribution in [2.75, 3.05) is 20.6 Å². The van der Waals surface area contributed by atoms with Gasteiger partial charge in [-0.3, -0.25) is 4.79 Å². The maximum Gasteiger partial charge on any atom is 0.252 e. The van der Waals surface area contributed by atoms with Gasteiger partial charge in [0, 0.05) is 24.5 Å². The van der Waals surface area contributed by atoms with Gasteiger partial charge in [-0.1, -0.05) is 0 Å². The highest BCUT2D eigenvalue weighted by molar-refractivity contribution is 5.93. The average molecular weight is 327 g/mol. The summed E-state index contributed by atoms with van der Waals surface area (Å²) in [4.78, 5) is 18.9. The van der Waals surface area contributed by atoms with Crippen LogP contribution < -0.4 is 5.32 Å². The van der Waals surface area contributed by atoms with E-state index in [1.54, 1.807) is 16.9 Å². The van der Waals surface area contributed by atoms with Crippen molar-refractivity contribution in [1.82, 2.24) is 25.0 Å². The van der Waals surface area contributed by atoms with E-state index < -0.39 is 0 Å². The zero-order valence-corrected chi connectivity index (χ0v) is 14.8. The number of hydrogen-bond acceptors (Lipinski definition) is 4. The molecule has 3 rings (SSSR count). The number of nitrogens with zero attached hydrogens (tertiary/aromatic N) is 4. The Hall–Kier alpha value is -2.21. The Morgan fingerprint density at radius 2 is 2.12 bits per heavy atom. The molecule has 6 nitrogen and oxygen atoms in total. The summed E-state index contributed by atoms with van der Waals surface area (Å²) in [6.45, 7) is 4.61. The molecule has 1 atom stereocenters. The van der Waals surface area contributed by atoms with Crippen LogP contribution in [0.1, 0.15) is 34.6 Å². The van der Waals surface area contributed by atoms with E-state index in [4.69, 9.17) is 0 Å². The zero-order valence-electron chi connectivity index (χ0n) is 14.8. The molecule has 1 amide bonds. The predicted octanol–water partition coefficient (Wildman–Crippen LogP) is 1.95. The summed E-state index contributed by atoms with van der Waals surface area (Å²) in [6, 6.07) is 6.05. The first-order valence-corrected chi connectivity index (χ1v) is 8.40. The van der Waals surface area contributed by atoms with E-state index in [1.807, 2.05) is 26.0 Å². The number of pyridine rings is 1. The van der Waals surface area contributed by atoms with Gasteiger partial charge >= 0.3 is 0 Å². The van der Waals surface area contributed by atoms with Crippen molar-refractivity contribution < 1.29 is 4.79 Å². The van der Waals surface area contributed by atoms with Crippen molar-refractivity contribution in [2.24, 2.45) is 5.92 Å². The summed E-state index contributed by atoms with van der Waals surface area (Å²) < 4.78 is 1.78. The number of nitrogens with one attached hydrogen (secondary N) is 1. The van der Waals surface area contributed by atoms with Gasteiger partial charge in [-0.25, -0.2) is 9.67 Å². The predicted molar refractivity (Wildman–Crippen MR) is 93.4 cm³/mol. The Bertz CT molecular complexity index is 714. The van der Waals surface area contributed by atoms with E-state index in [0.29, 0.717) is 24.1 Å². The fourth-order valence-electron chi connectivity index (χ4n) is 3.06. The van der Waals surface area contributed by atoms with E-state index in [-0.39, 0.29) is 5.91 Å². The number of carbonyl (C=O) groups excluding carboxylic acids is 1. The van der Waals surface area contributed by atoms with E-state index in [2.05, 4.69) is 34.4 Å². The van der Waals surface area contributed by atoms with Crippen LogP contribution in [0.5, 0.6) is 0 Å². The Labute approximate surface area is 142 Å². The monoisotopic (exact) mass is 327 g/mol. The number of rotatable bonds is 6. The van der Waals surface area contributed by atoms with Gasteiger partial charge in [0.25, 0.3) is 5.91 Å². The summed E-state index contributed by atoms with van der Waals surface area (Å²) in [5, 5.41) is 7.44. The highest BCUT2D eigenvalue weighted by Gasteiger charge is 2.32. The molecule has 2 aromatic heterocycles. The minimum Gasteiger partial charge on any atom is -0.350 e. The van der Waals surface area contributed by atoms with Crippen molar-refractivity contribution in [1.29, 1.82) is 0 Å². The molecule has 6 heteroatoms. The Morgan fingerprint density at radius 3 is 2.62 bits per heavy atom. The Balaban J connectivity index is 1.64. The fraction of sp³-hybridized carbons (Fsp3) is 0.500. The van der Waals surface area contributed by atoms with Crippen LogP contribution in [0, 0.1) is 19.8 Å². The molecule has 2 aromatic rings. The Kier molecular flexibility index (Phi) is 4.66. The smallest absolute Gasteiger partial charge is 0.252 e. The molecule has 0 aromatic carbocycles. The second-order valence-electron chi connectivity index (χ2n) is 6.82. The van der Waals surface area contributed by atoms with Crippen molar-refractivity contribution in [3.8, 4) is 5.82 Å². The van der Waals surface area contributed by atoms with Crippen LogP contribution in [-0.4, -0.2) is 52.3 Å². The molecule has 1 saturated carbocycles. The lowest BCUT2D eigenvalue weighted by atomic mass is 10.1. The van der Waals surface area contributed by atoms with Crippen LogP contribution in [0.15, 0.2) is 24.4 Å². The minimum atomic E-state index is -0.0742. The average Bonchev–Trinajstić information content (AvgIpc) is 3.31. The first-order chi connectivity index (χ1) is 11.5. The fourth-order valence-corrected chi connectivity index (χ4v) is 3.06. The summed E-state index contributed by atoms with van der Waals surface area (Å²) in [5.41, 5.74) is 2.55. The standard InChI is InChI=1S/C18H25N5O/c1-12-9-13(2)23(21-12)17-8-7-15(10-19-17)18(24)20-11-16(22(3)4)14-5-6-14/h7-10,14,16H,5-6,11H2,1-4H3,(H,20,24). The summed E-state index contributed by atoms with van der Waals surface area (Å²) in [7, 11) is 4.14. The van der Waals surface area contributed by atoms with Crippen LogP contribution >= 0.6 is 0 Å². The van der Waals surface area contributed by atoms with Crippen molar-refractivity contribution in [3.63, 3.8) is 0 Å². The van der Waals surface area contributed by atoms with Gasteiger partial charge in [-0.05, 0) is 64.9 Å². The van der Waals surface area contributed by atoms with Crippen molar-refractivity contribution in [2.45, 2.75) is 32.7 Å². The third-order valence-corrected chi connectivity index (χ3v) is 4.54. The summed E-state index contributed by atoms with van der Waals surface area (Å²) >= 11 is 0. The molecule has 2 heterocycles. The first-order valence-electron chi connectivity index (χ1n) is 8.40. The normalized spacial score (nSPS) is 15.5. The third kappa shape index (κ3) is 3.64.